The fourth-order valence-corrected chi connectivity index (χ4v) is 7.14. The zero-order valence-corrected chi connectivity index (χ0v) is 22.6. The summed E-state index contributed by atoms with van der Waals surface area (Å²) in [5, 5.41) is 10.4. The molecule has 3 aliphatic heterocycles. The zero-order chi connectivity index (χ0) is 25.9. The summed E-state index contributed by atoms with van der Waals surface area (Å²) in [6.45, 7) is 11.4. The van der Waals surface area contributed by atoms with Crippen LogP contribution in [0.4, 0.5) is 0 Å². The summed E-state index contributed by atoms with van der Waals surface area (Å²) in [5.41, 5.74) is 3.06. The molecule has 5 nitrogen and oxygen atoms in total. The molecule has 3 heterocycles. The van der Waals surface area contributed by atoms with E-state index in [1.807, 2.05) is 35.2 Å². The molecule has 0 spiro atoms. The summed E-state index contributed by atoms with van der Waals surface area (Å²) in [6.07, 6.45) is 10.2. The number of nitrogens with zero attached hydrogens (tertiary/aromatic N) is 3. The molecule has 5 atom stereocenters. The van der Waals surface area contributed by atoms with Gasteiger partial charge in [-0.15, -0.1) is 6.58 Å². The average Bonchev–Trinajstić information content (AvgIpc) is 2.92. The lowest BCUT2D eigenvalue weighted by Gasteiger charge is -2.56. The van der Waals surface area contributed by atoms with Gasteiger partial charge < -0.3 is 10.0 Å². The molecule has 2 aromatic rings. The topological polar surface area (TPSA) is 47.0 Å². The van der Waals surface area contributed by atoms with Crippen molar-refractivity contribution in [3.63, 3.8) is 0 Å². The zero-order valence-electron chi connectivity index (χ0n) is 22.6. The van der Waals surface area contributed by atoms with Gasteiger partial charge in [-0.2, -0.15) is 0 Å². The van der Waals surface area contributed by atoms with Crippen LogP contribution in [0.2, 0.25) is 0 Å². The smallest absolute Gasteiger partial charge is 0.253 e. The van der Waals surface area contributed by atoms with Crippen LogP contribution in [0.1, 0.15) is 86.3 Å². The van der Waals surface area contributed by atoms with Gasteiger partial charge in [-0.05, 0) is 94.2 Å². The minimum atomic E-state index is 0.0213. The van der Waals surface area contributed by atoms with Crippen LogP contribution in [0.3, 0.4) is 0 Å². The fourth-order valence-electron chi connectivity index (χ4n) is 7.14. The Morgan fingerprint density at radius 3 is 2.35 bits per heavy atom. The molecule has 1 N–H and O–H groups in total. The SMILES string of the molecule is C=CCN1C(C)CCC2C1CCC(C)N2C(c1ccc(C(=O)N2CCCCC2)cc1)c1cccc(O)c1. The van der Waals surface area contributed by atoms with Crippen LogP contribution in [0.25, 0.3) is 0 Å². The van der Waals surface area contributed by atoms with Crippen molar-refractivity contribution >= 4 is 5.91 Å². The van der Waals surface area contributed by atoms with Crippen LogP contribution in [0, 0.1) is 0 Å². The Labute approximate surface area is 222 Å². The van der Waals surface area contributed by atoms with Crippen LogP contribution in [0.5, 0.6) is 5.75 Å². The Balaban J connectivity index is 1.50. The predicted molar refractivity (Wildman–Crippen MR) is 150 cm³/mol. The number of hydrogen-bond acceptors (Lipinski definition) is 4. The molecule has 3 saturated heterocycles. The van der Waals surface area contributed by atoms with Crippen molar-refractivity contribution in [3.8, 4) is 5.75 Å². The lowest BCUT2D eigenvalue weighted by atomic mass is 9.79. The molecule has 0 radical (unpaired) electrons. The number of carbonyl (C=O) groups is 1. The van der Waals surface area contributed by atoms with Crippen molar-refractivity contribution in [1.82, 2.24) is 14.7 Å². The molecular formula is C32H43N3O2. The first-order valence-electron chi connectivity index (χ1n) is 14.3. The highest BCUT2D eigenvalue weighted by Gasteiger charge is 2.45. The van der Waals surface area contributed by atoms with Crippen molar-refractivity contribution in [1.29, 1.82) is 0 Å². The molecule has 0 aromatic heterocycles. The molecule has 2 aromatic carbocycles. The molecule has 5 heteroatoms. The second kappa shape index (κ2) is 11.4. The molecule has 3 fully saturated rings. The molecule has 1 amide bonds. The highest BCUT2D eigenvalue weighted by Crippen LogP contribution is 2.43. The molecule has 0 aliphatic carbocycles. The third-order valence-corrected chi connectivity index (χ3v) is 9.03. The quantitative estimate of drug-likeness (QED) is 0.493. The second-order valence-electron chi connectivity index (χ2n) is 11.4. The highest BCUT2D eigenvalue weighted by molar-refractivity contribution is 5.94. The largest absolute Gasteiger partial charge is 0.508 e. The summed E-state index contributed by atoms with van der Waals surface area (Å²) in [5.74, 6) is 0.444. The van der Waals surface area contributed by atoms with E-state index in [0.717, 1.165) is 50.0 Å². The van der Waals surface area contributed by atoms with Gasteiger partial charge in [0.15, 0.2) is 0 Å². The minimum Gasteiger partial charge on any atom is -0.508 e. The van der Waals surface area contributed by atoms with Gasteiger partial charge >= 0.3 is 0 Å². The lowest BCUT2D eigenvalue weighted by molar-refractivity contribution is -0.0499. The lowest BCUT2D eigenvalue weighted by Crippen LogP contribution is -2.63. The number of amides is 1. The fraction of sp³-hybridized carbons (Fsp3) is 0.531. The number of aromatic hydroxyl groups is 1. The average molecular weight is 502 g/mol. The number of rotatable bonds is 6. The number of phenolic OH excluding ortho intramolecular Hbond substituents is 1. The molecule has 37 heavy (non-hydrogen) atoms. The monoisotopic (exact) mass is 501 g/mol. The summed E-state index contributed by atoms with van der Waals surface area (Å²) < 4.78 is 0. The molecule has 0 saturated carbocycles. The van der Waals surface area contributed by atoms with E-state index in [9.17, 15) is 9.90 Å². The highest BCUT2D eigenvalue weighted by atomic mass is 16.3. The van der Waals surface area contributed by atoms with Gasteiger partial charge in [0.25, 0.3) is 5.91 Å². The maximum atomic E-state index is 13.1. The third kappa shape index (κ3) is 5.35. The van der Waals surface area contributed by atoms with Crippen LogP contribution < -0.4 is 0 Å². The van der Waals surface area contributed by atoms with Crippen LogP contribution >= 0.6 is 0 Å². The van der Waals surface area contributed by atoms with Gasteiger partial charge in [0, 0.05) is 49.4 Å². The van der Waals surface area contributed by atoms with Crippen LogP contribution in [-0.2, 0) is 0 Å². The van der Waals surface area contributed by atoms with E-state index in [0.29, 0.717) is 29.9 Å². The Kier molecular flexibility index (Phi) is 8.01. The van der Waals surface area contributed by atoms with Gasteiger partial charge in [-0.25, -0.2) is 0 Å². The van der Waals surface area contributed by atoms with Crippen LogP contribution in [0.15, 0.2) is 61.2 Å². The third-order valence-electron chi connectivity index (χ3n) is 9.03. The van der Waals surface area contributed by atoms with Crippen LogP contribution in [-0.4, -0.2) is 69.5 Å². The minimum absolute atomic E-state index is 0.0213. The first-order chi connectivity index (χ1) is 18.0. The predicted octanol–water partition coefficient (Wildman–Crippen LogP) is 6.00. The normalized spacial score (nSPS) is 27.9. The van der Waals surface area contributed by atoms with E-state index in [2.05, 4.69) is 48.4 Å². The molecule has 0 bridgehead atoms. The first kappa shape index (κ1) is 26.0. The molecule has 5 unspecified atom stereocenters. The van der Waals surface area contributed by atoms with E-state index >= 15 is 0 Å². The summed E-state index contributed by atoms with van der Waals surface area (Å²) in [6, 6.07) is 18.0. The number of fused-ring (bicyclic) bond motifs is 1. The molecule has 3 aliphatic rings. The Morgan fingerprint density at radius 2 is 1.65 bits per heavy atom. The number of likely N-dealkylation sites (tertiary alicyclic amines) is 3. The van der Waals surface area contributed by atoms with E-state index < -0.39 is 0 Å². The van der Waals surface area contributed by atoms with Gasteiger partial charge in [0.2, 0.25) is 0 Å². The Hall–Kier alpha value is -2.63. The maximum absolute atomic E-state index is 13.1. The summed E-state index contributed by atoms with van der Waals surface area (Å²) in [7, 11) is 0. The number of phenols is 1. The molecule has 198 valence electrons. The van der Waals surface area contributed by atoms with Gasteiger partial charge in [0.1, 0.15) is 5.75 Å². The molecular weight excluding hydrogens is 458 g/mol. The van der Waals surface area contributed by atoms with E-state index in [4.69, 9.17) is 0 Å². The van der Waals surface area contributed by atoms with E-state index in [1.165, 1.54) is 31.2 Å². The number of hydrogen-bond donors (Lipinski definition) is 1. The van der Waals surface area contributed by atoms with Gasteiger partial charge in [-0.3, -0.25) is 14.6 Å². The Bertz CT molecular complexity index is 1080. The van der Waals surface area contributed by atoms with Crippen molar-refractivity contribution in [3.05, 3.63) is 77.9 Å². The summed E-state index contributed by atoms with van der Waals surface area (Å²) in [4.78, 5) is 20.5. The molecule has 5 rings (SSSR count). The van der Waals surface area contributed by atoms with E-state index in [1.54, 1.807) is 6.07 Å². The second-order valence-corrected chi connectivity index (χ2v) is 11.4. The van der Waals surface area contributed by atoms with Crippen molar-refractivity contribution in [2.24, 2.45) is 0 Å². The van der Waals surface area contributed by atoms with Crippen molar-refractivity contribution in [2.75, 3.05) is 19.6 Å². The summed E-state index contributed by atoms with van der Waals surface area (Å²) >= 11 is 0. The standard InChI is InChI=1S/C32H43N3O2/c1-4-19-34-23(2)11-18-30-29(34)17-12-24(3)35(30)31(27-9-8-10-28(36)22-27)25-13-15-26(16-14-25)32(37)33-20-6-5-7-21-33/h4,8-10,13-16,22-24,29-31,36H,1,5-7,11-12,17-21H2,2-3H3. The van der Waals surface area contributed by atoms with E-state index in [-0.39, 0.29) is 11.9 Å². The number of benzene rings is 2. The van der Waals surface area contributed by atoms with Crippen molar-refractivity contribution in [2.45, 2.75) is 89.0 Å². The van der Waals surface area contributed by atoms with Gasteiger partial charge in [-0.1, -0.05) is 30.3 Å². The maximum Gasteiger partial charge on any atom is 0.253 e. The first-order valence-corrected chi connectivity index (χ1v) is 14.3. The number of piperidine rings is 3. The van der Waals surface area contributed by atoms with Gasteiger partial charge in [0.05, 0.1) is 6.04 Å². The Morgan fingerprint density at radius 1 is 0.946 bits per heavy atom. The van der Waals surface area contributed by atoms with Crippen molar-refractivity contribution < 1.29 is 9.90 Å². The number of carbonyl (C=O) groups excluding carboxylic acids is 1.